The van der Waals surface area contributed by atoms with Gasteiger partial charge in [-0.2, -0.15) is 0 Å². The first-order chi connectivity index (χ1) is 14.6. The summed E-state index contributed by atoms with van der Waals surface area (Å²) in [6.07, 6.45) is 2.56. The normalized spacial score (nSPS) is 21.0. The number of methoxy groups -OCH3 is 3. The molecule has 2 fully saturated rings. The molecule has 168 valence electrons. The molecule has 0 spiro atoms. The molecule has 1 aromatic rings. The van der Waals surface area contributed by atoms with Gasteiger partial charge >= 0.3 is 0 Å². The fourth-order valence-electron chi connectivity index (χ4n) is 4.38. The van der Waals surface area contributed by atoms with Crippen molar-refractivity contribution in [1.82, 2.24) is 20.0 Å². The van der Waals surface area contributed by atoms with Crippen LogP contribution in [0.1, 0.15) is 18.4 Å². The lowest BCUT2D eigenvalue weighted by molar-refractivity contribution is 0.171. The molecule has 8 heteroatoms. The Kier molecular flexibility index (Phi) is 8.04. The monoisotopic (exact) mass is 419 g/mol. The Hall–Kier alpha value is -2.19. The third-order valence-electron chi connectivity index (χ3n) is 6.18. The molecule has 2 saturated heterocycles. The number of benzene rings is 1. The zero-order chi connectivity index (χ0) is 21.5. The molecule has 8 nitrogen and oxygen atoms in total. The minimum absolute atomic E-state index is 0.614. The SMILES string of the molecule is CN=C(NCC1CCCN1C)N1CCN(Cc2cc(OC)c(OC)c(OC)c2)CC1. The third kappa shape index (κ3) is 5.29. The van der Waals surface area contributed by atoms with Gasteiger partial charge in [0.1, 0.15) is 0 Å². The molecule has 0 amide bonds. The highest BCUT2D eigenvalue weighted by molar-refractivity contribution is 5.80. The first-order valence-corrected chi connectivity index (χ1v) is 10.8. The van der Waals surface area contributed by atoms with Crippen molar-refractivity contribution in [2.75, 3.05) is 74.7 Å². The van der Waals surface area contributed by atoms with Crippen LogP contribution in [0.2, 0.25) is 0 Å². The highest BCUT2D eigenvalue weighted by atomic mass is 16.5. The van der Waals surface area contributed by atoms with Crippen LogP contribution < -0.4 is 19.5 Å². The van der Waals surface area contributed by atoms with Crippen LogP contribution in [0.4, 0.5) is 0 Å². The molecule has 1 unspecified atom stereocenters. The molecule has 1 atom stereocenters. The lowest BCUT2D eigenvalue weighted by Crippen LogP contribution is -2.53. The molecule has 0 radical (unpaired) electrons. The molecule has 0 aromatic heterocycles. The highest BCUT2D eigenvalue weighted by Gasteiger charge is 2.24. The van der Waals surface area contributed by atoms with Gasteiger partial charge in [0.15, 0.2) is 17.5 Å². The van der Waals surface area contributed by atoms with E-state index in [1.807, 2.05) is 19.2 Å². The molecule has 2 heterocycles. The number of ether oxygens (including phenoxy) is 3. The minimum atomic E-state index is 0.614. The van der Waals surface area contributed by atoms with Gasteiger partial charge in [0.05, 0.1) is 21.3 Å². The van der Waals surface area contributed by atoms with Crippen molar-refractivity contribution in [3.05, 3.63) is 17.7 Å². The maximum absolute atomic E-state index is 5.49. The predicted octanol–water partition coefficient (Wildman–Crippen LogP) is 1.50. The molecule has 0 saturated carbocycles. The molecule has 0 aliphatic carbocycles. The molecular formula is C22H37N5O3. The van der Waals surface area contributed by atoms with Gasteiger partial charge in [0.25, 0.3) is 0 Å². The Morgan fingerprint density at radius 1 is 1.03 bits per heavy atom. The number of hydrogen-bond acceptors (Lipinski definition) is 6. The van der Waals surface area contributed by atoms with E-state index in [9.17, 15) is 0 Å². The number of rotatable bonds is 7. The van der Waals surface area contributed by atoms with Crippen molar-refractivity contribution in [1.29, 1.82) is 0 Å². The fraction of sp³-hybridized carbons (Fsp3) is 0.682. The van der Waals surface area contributed by atoms with Crippen LogP contribution in [-0.4, -0.2) is 101 Å². The van der Waals surface area contributed by atoms with Crippen molar-refractivity contribution < 1.29 is 14.2 Å². The van der Waals surface area contributed by atoms with Crippen LogP contribution >= 0.6 is 0 Å². The lowest BCUT2D eigenvalue weighted by Gasteiger charge is -2.37. The maximum Gasteiger partial charge on any atom is 0.203 e. The number of guanidine groups is 1. The second kappa shape index (κ2) is 10.7. The molecule has 3 rings (SSSR count). The van der Waals surface area contributed by atoms with Crippen molar-refractivity contribution in [2.24, 2.45) is 4.99 Å². The molecule has 30 heavy (non-hydrogen) atoms. The Labute approximate surface area is 180 Å². The maximum atomic E-state index is 5.49. The number of likely N-dealkylation sites (tertiary alicyclic amines) is 1. The first-order valence-electron chi connectivity index (χ1n) is 10.8. The highest BCUT2D eigenvalue weighted by Crippen LogP contribution is 2.38. The van der Waals surface area contributed by atoms with Gasteiger partial charge < -0.3 is 29.3 Å². The molecule has 1 N–H and O–H groups in total. The molecule has 1 aromatic carbocycles. The largest absolute Gasteiger partial charge is 0.493 e. The van der Waals surface area contributed by atoms with Crippen LogP contribution in [0, 0.1) is 0 Å². The predicted molar refractivity (Wildman–Crippen MR) is 120 cm³/mol. The third-order valence-corrected chi connectivity index (χ3v) is 6.18. The number of aliphatic imine (C=N–C) groups is 1. The molecule has 2 aliphatic rings. The minimum Gasteiger partial charge on any atom is -0.493 e. The second-order valence-electron chi connectivity index (χ2n) is 8.00. The number of likely N-dealkylation sites (N-methyl/N-ethyl adjacent to an activating group) is 1. The van der Waals surface area contributed by atoms with Crippen LogP contribution in [-0.2, 0) is 6.54 Å². The lowest BCUT2D eigenvalue weighted by atomic mass is 10.1. The quantitative estimate of drug-likeness (QED) is 0.531. The van der Waals surface area contributed by atoms with Gasteiger partial charge in [0, 0.05) is 52.4 Å². The van der Waals surface area contributed by atoms with Crippen molar-refractivity contribution in [3.63, 3.8) is 0 Å². The molecular weight excluding hydrogens is 382 g/mol. The zero-order valence-electron chi connectivity index (χ0n) is 19.1. The summed E-state index contributed by atoms with van der Waals surface area (Å²) in [4.78, 5) is 11.8. The van der Waals surface area contributed by atoms with E-state index >= 15 is 0 Å². The van der Waals surface area contributed by atoms with E-state index in [4.69, 9.17) is 14.2 Å². The van der Waals surface area contributed by atoms with Gasteiger partial charge in [-0.15, -0.1) is 0 Å². The van der Waals surface area contributed by atoms with Gasteiger partial charge in [0.2, 0.25) is 5.75 Å². The van der Waals surface area contributed by atoms with Gasteiger partial charge in [-0.3, -0.25) is 9.89 Å². The Morgan fingerprint density at radius 2 is 1.70 bits per heavy atom. The average Bonchev–Trinajstić information content (AvgIpc) is 3.19. The van der Waals surface area contributed by atoms with Crippen molar-refractivity contribution >= 4 is 5.96 Å². The number of nitrogens with zero attached hydrogens (tertiary/aromatic N) is 4. The number of piperazine rings is 1. The Morgan fingerprint density at radius 3 is 2.20 bits per heavy atom. The summed E-state index contributed by atoms with van der Waals surface area (Å²) in [7, 11) is 9.03. The Bertz CT molecular complexity index is 694. The smallest absolute Gasteiger partial charge is 0.203 e. The first kappa shape index (κ1) is 22.5. The summed E-state index contributed by atoms with van der Waals surface area (Å²) in [5.74, 6) is 3.05. The number of hydrogen-bond donors (Lipinski definition) is 1. The van der Waals surface area contributed by atoms with E-state index in [1.165, 1.54) is 19.4 Å². The number of nitrogens with one attached hydrogen (secondary N) is 1. The fourth-order valence-corrected chi connectivity index (χ4v) is 4.38. The standard InChI is InChI=1S/C22H37N5O3/c1-23-22(24-15-18-7-6-8-25(18)2)27-11-9-26(10-12-27)16-17-13-19(28-3)21(30-5)20(14-17)29-4/h13-14,18H,6-12,15-16H2,1-5H3,(H,23,24). The summed E-state index contributed by atoms with van der Waals surface area (Å²) in [5, 5.41) is 3.59. The summed E-state index contributed by atoms with van der Waals surface area (Å²) in [6.45, 7) is 6.92. The average molecular weight is 420 g/mol. The van der Waals surface area contributed by atoms with Crippen LogP contribution in [0.15, 0.2) is 17.1 Å². The zero-order valence-corrected chi connectivity index (χ0v) is 19.1. The van der Waals surface area contributed by atoms with E-state index in [0.29, 0.717) is 23.3 Å². The van der Waals surface area contributed by atoms with E-state index in [-0.39, 0.29) is 0 Å². The van der Waals surface area contributed by atoms with E-state index in [2.05, 4.69) is 32.1 Å². The molecule has 2 aliphatic heterocycles. The van der Waals surface area contributed by atoms with Crippen LogP contribution in [0.5, 0.6) is 17.2 Å². The second-order valence-corrected chi connectivity index (χ2v) is 8.00. The van der Waals surface area contributed by atoms with Crippen LogP contribution in [0.25, 0.3) is 0 Å². The van der Waals surface area contributed by atoms with Gasteiger partial charge in [-0.05, 0) is 44.1 Å². The Balaban J connectivity index is 1.53. The van der Waals surface area contributed by atoms with E-state index < -0.39 is 0 Å². The van der Waals surface area contributed by atoms with Crippen molar-refractivity contribution in [2.45, 2.75) is 25.4 Å². The summed E-state index contributed by atoms with van der Waals surface area (Å²) in [5.41, 5.74) is 1.16. The van der Waals surface area contributed by atoms with E-state index in [1.54, 1.807) is 21.3 Å². The molecule has 0 bridgehead atoms. The van der Waals surface area contributed by atoms with Crippen molar-refractivity contribution in [3.8, 4) is 17.2 Å². The summed E-state index contributed by atoms with van der Waals surface area (Å²) < 4.78 is 16.4. The topological polar surface area (TPSA) is 61.8 Å². The van der Waals surface area contributed by atoms with Gasteiger partial charge in [-0.25, -0.2) is 0 Å². The van der Waals surface area contributed by atoms with Gasteiger partial charge in [-0.1, -0.05) is 0 Å². The van der Waals surface area contributed by atoms with Crippen LogP contribution in [0.3, 0.4) is 0 Å². The summed E-state index contributed by atoms with van der Waals surface area (Å²) in [6, 6.07) is 4.68. The van der Waals surface area contributed by atoms with E-state index in [0.717, 1.165) is 50.8 Å². The summed E-state index contributed by atoms with van der Waals surface area (Å²) >= 11 is 0.